The predicted octanol–water partition coefficient (Wildman–Crippen LogP) is 2.31. The smallest absolute Gasteiger partial charge is 0.242 e. The van der Waals surface area contributed by atoms with Gasteiger partial charge in [-0.2, -0.15) is 0 Å². The van der Waals surface area contributed by atoms with Crippen molar-refractivity contribution in [2.75, 3.05) is 32.1 Å². The third-order valence-electron chi connectivity index (χ3n) is 5.43. The highest BCUT2D eigenvalue weighted by Gasteiger charge is 2.26. The van der Waals surface area contributed by atoms with Gasteiger partial charge in [0.05, 0.1) is 11.2 Å². The maximum absolute atomic E-state index is 12.6. The minimum Gasteiger partial charge on any atom is -0.361 e. The van der Waals surface area contributed by atoms with Crippen molar-refractivity contribution < 1.29 is 4.79 Å². The van der Waals surface area contributed by atoms with Crippen LogP contribution < -0.4 is 4.90 Å². The van der Waals surface area contributed by atoms with E-state index < -0.39 is 0 Å². The number of carbonyl (C=O) groups excluding carboxylic acids is 1. The monoisotopic (exact) mass is 366 g/mol. The lowest BCUT2D eigenvalue weighted by Gasteiger charge is -2.32. The van der Waals surface area contributed by atoms with Crippen molar-refractivity contribution in [2.24, 2.45) is 0 Å². The molecule has 1 saturated heterocycles. The number of aryl methyl sites for hydroxylation is 1. The molecule has 0 spiro atoms. The average molecular weight is 366 g/mol. The maximum Gasteiger partial charge on any atom is 0.242 e. The number of fused-ring (bicyclic) bond motifs is 1. The number of anilines is 1. The van der Waals surface area contributed by atoms with Gasteiger partial charge in [-0.3, -0.25) is 4.79 Å². The zero-order valence-corrected chi connectivity index (χ0v) is 16.2. The van der Waals surface area contributed by atoms with Crippen LogP contribution in [0.15, 0.2) is 36.9 Å². The Morgan fingerprint density at radius 2 is 2.04 bits per heavy atom. The molecule has 0 radical (unpaired) electrons. The van der Waals surface area contributed by atoms with Gasteiger partial charge in [0.2, 0.25) is 5.91 Å². The molecular weight excluding hydrogens is 340 g/mol. The summed E-state index contributed by atoms with van der Waals surface area (Å²) in [7, 11) is 4.05. The van der Waals surface area contributed by atoms with Gasteiger partial charge in [0, 0.05) is 57.9 Å². The van der Waals surface area contributed by atoms with Gasteiger partial charge in [-0.25, -0.2) is 9.97 Å². The highest BCUT2D eigenvalue weighted by Crippen LogP contribution is 2.29. The van der Waals surface area contributed by atoms with E-state index in [4.69, 9.17) is 4.98 Å². The van der Waals surface area contributed by atoms with E-state index in [1.54, 1.807) is 6.20 Å². The summed E-state index contributed by atoms with van der Waals surface area (Å²) in [6.07, 6.45) is 9.70. The Morgan fingerprint density at radius 3 is 2.70 bits per heavy atom. The fourth-order valence-electron chi connectivity index (χ4n) is 3.81. The molecule has 3 aromatic heterocycles. The molecule has 4 heterocycles. The minimum atomic E-state index is 0.164. The highest BCUT2D eigenvalue weighted by atomic mass is 16.2. The molecule has 1 aliphatic rings. The van der Waals surface area contributed by atoms with E-state index in [1.165, 1.54) is 0 Å². The van der Waals surface area contributed by atoms with Crippen molar-refractivity contribution in [3.8, 4) is 0 Å². The summed E-state index contributed by atoms with van der Waals surface area (Å²) >= 11 is 0. The van der Waals surface area contributed by atoms with Crippen molar-refractivity contribution in [3.63, 3.8) is 0 Å². The zero-order valence-electron chi connectivity index (χ0n) is 16.2. The Kier molecular flexibility index (Phi) is 4.59. The topological polar surface area (TPSA) is 58.7 Å². The molecule has 7 nitrogen and oxygen atoms in total. The SMILES string of the molecule is Cc1nccn1CC(=O)N1CCC(c2cn3cccc3c(N(C)C)n2)CC1. The molecule has 0 N–H and O–H groups in total. The number of carbonyl (C=O) groups is 1. The quantitative estimate of drug-likeness (QED) is 0.711. The van der Waals surface area contributed by atoms with Gasteiger partial charge < -0.3 is 18.8 Å². The van der Waals surface area contributed by atoms with E-state index in [0.717, 1.165) is 48.8 Å². The molecule has 0 aliphatic carbocycles. The number of piperidine rings is 1. The first kappa shape index (κ1) is 17.6. The highest BCUT2D eigenvalue weighted by molar-refractivity contribution is 5.76. The largest absolute Gasteiger partial charge is 0.361 e. The number of aromatic nitrogens is 4. The normalized spacial score (nSPS) is 15.4. The van der Waals surface area contributed by atoms with Gasteiger partial charge in [0.15, 0.2) is 5.82 Å². The third kappa shape index (κ3) is 3.41. The molecule has 0 aromatic carbocycles. The summed E-state index contributed by atoms with van der Waals surface area (Å²) in [5.41, 5.74) is 2.23. The van der Waals surface area contributed by atoms with E-state index in [0.29, 0.717) is 12.5 Å². The Balaban J connectivity index is 1.45. The molecule has 0 atom stereocenters. The Labute approximate surface area is 159 Å². The number of hydrogen-bond acceptors (Lipinski definition) is 4. The zero-order chi connectivity index (χ0) is 19.0. The molecule has 1 fully saturated rings. The maximum atomic E-state index is 12.6. The minimum absolute atomic E-state index is 0.164. The second kappa shape index (κ2) is 7.06. The van der Waals surface area contributed by atoms with Crippen molar-refractivity contribution in [2.45, 2.75) is 32.2 Å². The molecule has 142 valence electrons. The van der Waals surface area contributed by atoms with Crippen molar-refractivity contribution in [1.82, 2.24) is 23.8 Å². The predicted molar refractivity (Wildman–Crippen MR) is 105 cm³/mol. The first-order chi connectivity index (χ1) is 13.0. The number of amides is 1. The third-order valence-corrected chi connectivity index (χ3v) is 5.43. The standard InChI is InChI=1S/C20H26N6O/c1-15-21-8-12-25(15)14-19(27)24-10-6-16(7-11-24)17-13-26-9-4-5-18(26)20(22-17)23(2)3/h4-5,8-9,12-13,16H,6-7,10-11,14H2,1-3H3. The summed E-state index contributed by atoms with van der Waals surface area (Å²) in [4.78, 5) is 25.7. The van der Waals surface area contributed by atoms with Gasteiger partial charge in [-0.05, 0) is 31.9 Å². The van der Waals surface area contributed by atoms with Crippen LogP contribution in [-0.4, -0.2) is 56.9 Å². The van der Waals surface area contributed by atoms with Gasteiger partial charge in [-0.1, -0.05) is 0 Å². The van der Waals surface area contributed by atoms with Crippen molar-refractivity contribution in [1.29, 1.82) is 0 Å². The molecule has 27 heavy (non-hydrogen) atoms. The second-order valence-corrected chi connectivity index (χ2v) is 7.44. The summed E-state index contributed by atoms with van der Waals surface area (Å²) in [6.45, 7) is 3.85. The van der Waals surface area contributed by atoms with Gasteiger partial charge in [0.1, 0.15) is 12.4 Å². The lowest BCUT2D eigenvalue weighted by Crippen LogP contribution is -2.40. The fraction of sp³-hybridized carbons (Fsp3) is 0.450. The Morgan fingerprint density at radius 1 is 1.26 bits per heavy atom. The van der Waals surface area contributed by atoms with Gasteiger partial charge >= 0.3 is 0 Å². The van der Waals surface area contributed by atoms with Crippen molar-refractivity contribution in [3.05, 3.63) is 48.4 Å². The molecular formula is C20H26N6O. The lowest BCUT2D eigenvalue weighted by atomic mass is 9.93. The number of likely N-dealkylation sites (tertiary alicyclic amines) is 1. The molecule has 7 heteroatoms. The van der Waals surface area contributed by atoms with Crippen LogP contribution in [0.4, 0.5) is 5.82 Å². The number of nitrogens with zero attached hydrogens (tertiary/aromatic N) is 6. The van der Waals surface area contributed by atoms with Gasteiger partial charge in [-0.15, -0.1) is 0 Å². The number of rotatable bonds is 4. The molecule has 4 rings (SSSR count). The van der Waals surface area contributed by atoms with E-state index in [2.05, 4.69) is 32.7 Å². The van der Waals surface area contributed by atoms with Crippen LogP contribution in [0.1, 0.15) is 30.3 Å². The first-order valence-electron chi connectivity index (χ1n) is 9.43. The van der Waals surface area contributed by atoms with E-state index >= 15 is 0 Å². The Hall–Kier alpha value is -2.83. The van der Waals surface area contributed by atoms with Crippen LogP contribution in [0.2, 0.25) is 0 Å². The molecule has 3 aromatic rings. The van der Waals surface area contributed by atoms with E-state index in [9.17, 15) is 4.79 Å². The molecule has 1 amide bonds. The number of hydrogen-bond donors (Lipinski definition) is 0. The summed E-state index contributed by atoms with van der Waals surface area (Å²) in [5, 5.41) is 0. The van der Waals surface area contributed by atoms with Crippen LogP contribution in [0, 0.1) is 6.92 Å². The van der Waals surface area contributed by atoms with Crippen LogP contribution in [0.5, 0.6) is 0 Å². The number of imidazole rings is 1. The Bertz CT molecular complexity index is 948. The van der Waals surface area contributed by atoms with Crippen LogP contribution in [-0.2, 0) is 11.3 Å². The average Bonchev–Trinajstić information content (AvgIpc) is 3.30. The van der Waals surface area contributed by atoms with Crippen LogP contribution >= 0.6 is 0 Å². The molecule has 1 aliphatic heterocycles. The summed E-state index contributed by atoms with van der Waals surface area (Å²) in [5.74, 6) is 2.41. The van der Waals surface area contributed by atoms with Crippen LogP contribution in [0.25, 0.3) is 5.52 Å². The van der Waals surface area contributed by atoms with Gasteiger partial charge in [0.25, 0.3) is 0 Å². The molecule has 0 saturated carbocycles. The summed E-state index contributed by atoms with van der Waals surface area (Å²) in [6, 6.07) is 4.14. The summed E-state index contributed by atoms with van der Waals surface area (Å²) < 4.78 is 4.05. The fourth-order valence-corrected chi connectivity index (χ4v) is 3.81. The van der Waals surface area contributed by atoms with E-state index in [1.807, 2.05) is 42.7 Å². The molecule has 0 bridgehead atoms. The van der Waals surface area contributed by atoms with Crippen molar-refractivity contribution >= 4 is 17.2 Å². The van der Waals surface area contributed by atoms with Crippen LogP contribution in [0.3, 0.4) is 0 Å². The van der Waals surface area contributed by atoms with E-state index in [-0.39, 0.29) is 5.91 Å². The second-order valence-electron chi connectivity index (χ2n) is 7.44. The molecule has 0 unspecified atom stereocenters. The first-order valence-corrected chi connectivity index (χ1v) is 9.43. The lowest BCUT2D eigenvalue weighted by molar-refractivity contribution is -0.132.